The number of aromatic nitrogens is 4. The molecular weight excluding hydrogens is 374 g/mol. The fraction of sp³-hybridized carbons (Fsp3) is 0.438. The van der Waals surface area contributed by atoms with E-state index in [4.69, 9.17) is 22.1 Å². The third-order valence-corrected chi connectivity index (χ3v) is 3.96. The first-order valence-corrected chi connectivity index (χ1v) is 8.64. The third-order valence-electron chi connectivity index (χ3n) is 3.77. The fourth-order valence-corrected chi connectivity index (χ4v) is 2.71. The van der Waals surface area contributed by atoms with Gasteiger partial charge in [0.25, 0.3) is 0 Å². The molecule has 2 aromatic heterocycles. The number of nitrogens with two attached hydrogens (primary N) is 1. The van der Waals surface area contributed by atoms with E-state index < -0.39 is 11.7 Å². The Morgan fingerprint density at radius 3 is 2.70 bits per heavy atom. The Balaban J connectivity index is 1.72. The van der Waals surface area contributed by atoms with Gasteiger partial charge in [-0.1, -0.05) is 11.6 Å². The minimum Gasteiger partial charge on any atom is -0.444 e. The first-order valence-electron chi connectivity index (χ1n) is 8.26. The zero-order valence-corrected chi connectivity index (χ0v) is 16.0. The molecule has 0 spiro atoms. The van der Waals surface area contributed by atoms with Crippen molar-refractivity contribution in [1.29, 1.82) is 0 Å². The molecule has 1 fully saturated rings. The van der Waals surface area contributed by atoms with E-state index in [0.717, 1.165) is 0 Å². The number of piperazine rings is 1. The molecule has 2 amide bonds. The molecular formula is C16H20ClN7O3. The summed E-state index contributed by atoms with van der Waals surface area (Å²) in [6.45, 7) is 5.96. The molecule has 0 aromatic carbocycles. The Bertz CT molecular complexity index is 877. The highest BCUT2D eigenvalue weighted by atomic mass is 35.5. The summed E-state index contributed by atoms with van der Waals surface area (Å²) in [6.07, 6.45) is 2.68. The molecule has 1 aliphatic rings. The van der Waals surface area contributed by atoms with E-state index in [0.29, 0.717) is 24.5 Å². The Morgan fingerprint density at radius 1 is 1.30 bits per heavy atom. The first-order chi connectivity index (χ1) is 12.6. The number of halogens is 1. The lowest BCUT2D eigenvalue weighted by Gasteiger charge is -2.34. The summed E-state index contributed by atoms with van der Waals surface area (Å²) in [5.41, 5.74) is 6.23. The quantitative estimate of drug-likeness (QED) is 0.820. The van der Waals surface area contributed by atoms with E-state index in [9.17, 15) is 9.59 Å². The number of amides is 2. The molecule has 1 aliphatic heterocycles. The minimum atomic E-state index is -0.613. The van der Waals surface area contributed by atoms with Crippen LogP contribution < -0.4 is 10.6 Å². The molecule has 3 rings (SSSR count). The fourth-order valence-electron chi connectivity index (χ4n) is 2.56. The van der Waals surface area contributed by atoms with Gasteiger partial charge < -0.3 is 15.4 Å². The number of carbonyl (C=O) groups excluding carboxylic acids is 2. The van der Waals surface area contributed by atoms with E-state index in [2.05, 4.69) is 15.3 Å². The number of anilines is 2. The van der Waals surface area contributed by atoms with Crippen LogP contribution in [0.1, 0.15) is 20.8 Å². The van der Waals surface area contributed by atoms with Crippen LogP contribution >= 0.6 is 11.6 Å². The van der Waals surface area contributed by atoms with Gasteiger partial charge in [-0.15, -0.1) is 10.2 Å². The van der Waals surface area contributed by atoms with Crippen LogP contribution in [0.15, 0.2) is 18.5 Å². The zero-order chi connectivity index (χ0) is 19.8. The number of ether oxygens (including phenoxy) is 1. The highest BCUT2D eigenvalue weighted by molar-refractivity contribution is 6.29. The monoisotopic (exact) mass is 393 g/mol. The van der Waals surface area contributed by atoms with Gasteiger partial charge in [0.15, 0.2) is 11.0 Å². The van der Waals surface area contributed by atoms with Gasteiger partial charge in [-0.25, -0.2) is 9.48 Å². The Kier molecular flexibility index (Phi) is 4.92. The van der Waals surface area contributed by atoms with Crippen molar-refractivity contribution in [1.82, 2.24) is 24.9 Å². The van der Waals surface area contributed by atoms with Crippen molar-refractivity contribution in [3.05, 3.63) is 23.6 Å². The van der Waals surface area contributed by atoms with E-state index in [1.165, 1.54) is 21.8 Å². The Morgan fingerprint density at radius 2 is 2.04 bits per heavy atom. The molecule has 2 aromatic rings. The van der Waals surface area contributed by atoms with Crippen molar-refractivity contribution in [2.24, 2.45) is 0 Å². The highest BCUT2D eigenvalue weighted by Crippen LogP contribution is 2.22. The van der Waals surface area contributed by atoms with E-state index in [1.807, 2.05) is 0 Å². The van der Waals surface area contributed by atoms with Gasteiger partial charge in [0.05, 0.1) is 18.1 Å². The average Bonchev–Trinajstić information content (AvgIpc) is 3.05. The number of rotatable bonds is 2. The van der Waals surface area contributed by atoms with Crippen LogP contribution in [-0.2, 0) is 9.53 Å². The molecule has 0 bridgehead atoms. The van der Waals surface area contributed by atoms with Crippen LogP contribution in [0.3, 0.4) is 0 Å². The lowest BCUT2D eigenvalue weighted by molar-refractivity contribution is -0.121. The van der Waals surface area contributed by atoms with Gasteiger partial charge in [0, 0.05) is 19.2 Å². The van der Waals surface area contributed by atoms with Crippen molar-refractivity contribution in [2.45, 2.75) is 26.4 Å². The molecule has 27 heavy (non-hydrogen) atoms. The van der Waals surface area contributed by atoms with Crippen LogP contribution in [0.4, 0.5) is 16.3 Å². The van der Waals surface area contributed by atoms with Gasteiger partial charge in [0.2, 0.25) is 5.91 Å². The summed E-state index contributed by atoms with van der Waals surface area (Å²) >= 11 is 5.85. The van der Waals surface area contributed by atoms with Gasteiger partial charge in [-0.3, -0.25) is 9.69 Å². The topological polar surface area (TPSA) is 119 Å². The minimum absolute atomic E-state index is 0.0646. The molecule has 0 atom stereocenters. The predicted molar refractivity (Wildman–Crippen MR) is 98.7 cm³/mol. The van der Waals surface area contributed by atoms with Crippen molar-refractivity contribution < 1.29 is 14.3 Å². The number of hydrogen-bond acceptors (Lipinski definition) is 7. The summed E-state index contributed by atoms with van der Waals surface area (Å²) in [6, 6.07) is 1.53. The van der Waals surface area contributed by atoms with Crippen LogP contribution in [0.25, 0.3) is 5.69 Å². The molecule has 0 unspecified atom stereocenters. The molecule has 3 heterocycles. The van der Waals surface area contributed by atoms with E-state index in [-0.39, 0.29) is 23.4 Å². The summed E-state index contributed by atoms with van der Waals surface area (Å²) in [7, 11) is 0. The summed E-state index contributed by atoms with van der Waals surface area (Å²) in [4.78, 5) is 27.6. The second kappa shape index (κ2) is 7.03. The summed E-state index contributed by atoms with van der Waals surface area (Å²) in [5.74, 6) is -0.0689. The van der Waals surface area contributed by atoms with Crippen molar-refractivity contribution in [3.63, 3.8) is 0 Å². The number of carbonyl (C=O) groups is 2. The summed E-state index contributed by atoms with van der Waals surface area (Å²) in [5, 5.41) is 11.8. The smallest absolute Gasteiger partial charge is 0.410 e. The van der Waals surface area contributed by atoms with Gasteiger partial charge in [0.1, 0.15) is 17.8 Å². The average molecular weight is 394 g/mol. The van der Waals surface area contributed by atoms with Gasteiger partial charge >= 0.3 is 6.09 Å². The lowest BCUT2D eigenvalue weighted by Crippen LogP contribution is -2.53. The third kappa shape index (κ3) is 4.27. The standard InChI is InChI=1S/C16H20ClN7O3/c1-16(2,3)27-15(26)22-4-5-23(13(25)9-22)10-7-19-24(8-10)11-6-12(17)20-21-14(11)18/h6-8H,4-5,9H2,1-3H3,(H2,18,21). The molecule has 144 valence electrons. The van der Waals surface area contributed by atoms with Crippen LogP contribution in [0.2, 0.25) is 5.15 Å². The SMILES string of the molecule is CC(C)(C)OC(=O)N1CCN(c2cnn(-c3cc(Cl)nnc3N)c2)C(=O)C1. The normalized spacial score (nSPS) is 15.2. The van der Waals surface area contributed by atoms with Crippen LogP contribution in [0, 0.1) is 0 Å². The van der Waals surface area contributed by atoms with Gasteiger partial charge in [-0.05, 0) is 20.8 Å². The molecule has 1 saturated heterocycles. The maximum absolute atomic E-state index is 12.5. The first kappa shape index (κ1) is 18.9. The van der Waals surface area contributed by atoms with E-state index in [1.54, 1.807) is 31.9 Å². The Labute approximate surface area is 160 Å². The molecule has 2 N–H and O–H groups in total. The van der Waals surface area contributed by atoms with Crippen LogP contribution in [0.5, 0.6) is 0 Å². The molecule has 0 aliphatic carbocycles. The lowest BCUT2D eigenvalue weighted by atomic mass is 10.2. The molecule has 11 heteroatoms. The number of nitrogens with zero attached hydrogens (tertiary/aromatic N) is 6. The summed E-state index contributed by atoms with van der Waals surface area (Å²) < 4.78 is 6.78. The zero-order valence-electron chi connectivity index (χ0n) is 15.2. The maximum Gasteiger partial charge on any atom is 0.410 e. The van der Waals surface area contributed by atoms with Crippen molar-refractivity contribution in [3.8, 4) is 5.69 Å². The molecule has 0 radical (unpaired) electrons. The van der Waals surface area contributed by atoms with Crippen LogP contribution in [-0.4, -0.2) is 62.1 Å². The maximum atomic E-state index is 12.5. The van der Waals surface area contributed by atoms with Crippen molar-refractivity contribution >= 4 is 35.1 Å². The second-order valence-corrected chi connectivity index (χ2v) is 7.42. The van der Waals surface area contributed by atoms with Crippen molar-refractivity contribution in [2.75, 3.05) is 30.3 Å². The predicted octanol–water partition coefficient (Wildman–Crippen LogP) is 1.48. The second-order valence-electron chi connectivity index (χ2n) is 7.03. The molecule has 0 saturated carbocycles. The number of hydrogen-bond donors (Lipinski definition) is 1. The Hall–Kier alpha value is -2.88. The van der Waals surface area contributed by atoms with Gasteiger partial charge in [-0.2, -0.15) is 5.10 Å². The highest BCUT2D eigenvalue weighted by Gasteiger charge is 2.31. The van der Waals surface area contributed by atoms with E-state index >= 15 is 0 Å². The number of nitrogen functional groups attached to an aromatic ring is 1. The molecule has 10 nitrogen and oxygen atoms in total. The largest absolute Gasteiger partial charge is 0.444 e.